The van der Waals surface area contributed by atoms with Crippen LogP contribution >= 0.6 is 0 Å². The van der Waals surface area contributed by atoms with Gasteiger partial charge in [0, 0.05) is 31.6 Å². The number of carbonyl (C=O) groups excluding carboxylic acids is 1. The first kappa shape index (κ1) is 21.5. The Hall–Kier alpha value is -3.23. The van der Waals surface area contributed by atoms with Crippen LogP contribution in [0.2, 0.25) is 0 Å². The molecule has 160 valence electrons. The van der Waals surface area contributed by atoms with E-state index in [2.05, 4.69) is 15.4 Å². The summed E-state index contributed by atoms with van der Waals surface area (Å²) in [6, 6.07) is 7.11. The second kappa shape index (κ2) is 9.06. The summed E-state index contributed by atoms with van der Waals surface area (Å²) in [4.78, 5) is 17.0. The molecular weight excluding hydrogens is 394 g/mol. The van der Waals surface area contributed by atoms with Crippen molar-refractivity contribution in [2.75, 3.05) is 12.4 Å². The lowest BCUT2D eigenvalue weighted by Crippen LogP contribution is -2.13. The standard InChI is InChI=1S/C21H24F2N4O3/c1-14-25-18(19(30-14)15-6-8-17(29-3)9-7-15)20(28)26-16-12-24-27(13-16)11-5-4-10-21(2,22)23/h6-9,12-13H,4-5,10-11H2,1-3H3,(H,26,28). The number of benzene rings is 1. The van der Waals surface area contributed by atoms with Crippen LogP contribution in [0.1, 0.15) is 42.6 Å². The maximum absolute atomic E-state index is 12.9. The molecule has 0 bridgehead atoms. The minimum atomic E-state index is -2.65. The van der Waals surface area contributed by atoms with Gasteiger partial charge in [0.2, 0.25) is 5.92 Å². The first-order valence-corrected chi connectivity index (χ1v) is 9.58. The number of alkyl halides is 2. The summed E-state index contributed by atoms with van der Waals surface area (Å²) in [6.07, 6.45) is 3.98. The van der Waals surface area contributed by atoms with Gasteiger partial charge in [0.05, 0.1) is 19.0 Å². The second-order valence-corrected chi connectivity index (χ2v) is 7.11. The van der Waals surface area contributed by atoms with Crippen LogP contribution in [-0.2, 0) is 6.54 Å². The zero-order valence-corrected chi connectivity index (χ0v) is 17.1. The summed E-state index contributed by atoms with van der Waals surface area (Å²) in [7, 11) is 1.58. The summed E-state index contributed by atoms with van der Waals surface area (Å²) in [5, 5.41) is 6.91. The van der Waals surface area contributed by atoms with Gasteiger partial charge in [-0.15, -0.1) is 0 Å². The Labute approximate surface area is 173 Å². The molecule has 0 aliphatic rings. The highest BCUT2D eigenvalue weighted by molar-refractivity contribution is 6.06. The number of hydrogen-bond acceptors (Lipinski definition) is 5. The van der Waals surface area contributed by atoms with Gasteiger partial charge in [0.15, 0.2) is 17.3 Å². The van der Waals surface area contributed by atoms with Crippen LogP contribution in [0.15, 0.2) is 41.1 Å². The molecule has 3 aromatic rings. The van der Waals surface area contributed by atoms with Gasteiger partial charge in [0.25, 0.3) is 5.91 Å². The van der Waals surface area contributed by atoms with Crippen molar-refractivity contribution in [1.82, 2.24) is 14.8 Å². The number of halogens is 2. The normalized spacial score (nSPS) is 11.5. The van der Waals surface area contributed by atoms with Gasteiger partial charge < -0.3 is 14.5 Å². The van der Waals surface area contributed by atoms with E-state index < -0.39 is 11.8 Å². The summed E-state index contributed by atoms with van der Waals surface area (Å²) < 4.78 is 38.1. The highest BCUT2D eigenvalue weighted by Gasteiger charge is 2.21. The van der Waals surface area contributed by atoms with Crippen molar-refractivity contribution >= 4 is 11.6 Å². The largest absolute Gasteiger partial charge is 0.497 e. The number of aromatic nitrogens is 3. The number of methoxy groups -OCH3 is 1. The van der Waals surface area contributed by atoms with Gasteiger partial charge in [0.1, 0.15) is 5.75 Å². The van der Waals surface area contributed by atoms with Gasteiger partial charge in [-0.2, -0.15) is 5.10 Å². The van der Waals surface area contributed by atoms with Crippen molar-refractivity contribution < 1.29 is 22.7 Å². The fourth-order valence-electron chi connectivity index (χ4n) is 2.97. The minimum Gasteiger partial charge on any atom is -0.497 e. The molecule has 0 fully saturated rings. The van der Waals surface area contributed by atoms with Gasteiger partial charge in [-0.25, -0.2) is 13.8 Å². The van der Waals surface area contributed by atoms with E-state index >= 15 is 0 Å². The van der Waals surface area contributed by atoms with E-state index in [0.29, 0.717) is 48.0 Å². The number of aryl methyl sites for hydroxylation is 2. The Kier molecular flexibility index (Phi) is 6.49. The lowest BCUT2D eigenvalue weighted by molar-refractivity contribution is 0.0102. The summed E-state index contributed by atoms with van der Waals surface area (Å²) in [5.41, 5.74) is 1.35. The average molecular weight is 418 g/mol. The molecule has 2 aromatic heterocycles. The third-order valence-electron chi connectivity index (χ3n) is 4.45. The van der Waals surface area contributed by atoms with Gasteiger partial charge in [-0.1, -0.05) is 0 Å². The lowest BCUT2D eigenvalue weighted by Gasteiger charge is -2.09. The van der Waals surface area contributed by atoms with Crippen molar-refractivity contribution in [2.45, 2.75) is 45.6 Å². The SMILES string of the molecule is COc1ccc(-c2oc(C)nc2C(=O)Nc2cnn(CCCCC(C)(F)F)c2)cc1. The topological polar surface area (TPSA) is 82.2 Å². The smallest absolute Gasteiger partial charge is 0.278 e. The first-order chi connectivity index (χ1) is 14.2. The number of anilines is 1. The molecule has 1 amide bonds. The molecule has 1 N–H and O–H groups in total. The molecule has 1 aromatic carbocycles. The van der Waals surface area contributed by atoms with Crippen molar-refractivity contribution in [3.05, 3.63) is 48.2 Å². The molecule has 0 saturated carbocycles. The number of oxazole rings is 1. The van der Waals surface area contributed by atoms with Crippen LogP contribution < -0.4 is 10.1 Å². The quantitative estimate of drug-likeness (QED) is 0.498. The molecule has 0 aliphatic carbocycles. The van der Waals surface area contributed by atoms with E-state index in [1.165, 1.54) is 6.20 Å². The molecule has 7 nitrogen and oxygen atoms in total. The second-order valence-electron chi connectivity index (χ2n) is 7.11. The molecule has 0 spiro atoms. The van der Waals surface area contributed by atoms with Crippen molar-refractivity contribution in [1.29, 1.82) is 0 Å². The molecular formula is C21H24F2N4O3. The molecule has 2 heterocycles. The Morgan fingerprint density at radius 1 is 1.27 bits per heavy atom. The number of nitrogens with zero attached hydrogens (tertiary/aromatic N) is 3. The molecule has 0 radical (unpaired) electrons. The van der Waals surface area contributed by atoms with Gasteiger partial charge in [-0.05, 0) is 44.0 Å². The van der Waals surface area contributed by atoms with Crippen LogP contribution in [0.25, 0.3) is 11.3 Å². The summed E-state index contributed by atoms with van der Waals surface area (Å²) in [5.74, 6) is -1.66. The predicted octanol–water partition coefficient (Wildman–Crippen LogP) is 4.93. The maximum atomic E-state index is 12.9. The number of unbranched alkanes of at least 4 members (excludes halogenated alkanes) is 1. The Morgan fingerprint density at radius 2 is 2.00 bits per heavy atom. The Bertz CT molecular complexity index is 991. The molecule has 0 aliphatic heterocycles. The molecule has 0 atom stereocenters. The highest BCUT2D eigenvalue weighted by atomic mass is 19.3. The molecule has 0 saturated heterocycles. The highest BCUT2D eigenvalue weighted by Crippen LogP contribution is 2.27. The van der Waals surface area contributed by atoms with E-state index in [1.807, 2.05) is 0 Å². The van der Waals surface area contributed by atoms with Crippen LogP contribution in [0.3, 0.4) is 0 Å². The van der Waals surface area contributed by atoms with Crippen LogP contribution in [-0.4, -0.2) is 33.7 Å². The minimum absolute atomic E-state index is 0.155. The van der Waals surface area contributed by atoms with E-state index in [0.717, 1.165) is 6.92 Å². The molecule has 3 rings (SSSR count). The average Bonchev–Trinajstić information content (AvgIpc) is 3.31. The van der Waals surface area contributed by atoms with E-state index in [1.54, 1.807) is 49.2 Å². The fraction of sp³-hybridized carbons (Fsp3) is 0.381. The van der Waals surface area contributed by atoms with E-state index in [4.69, 9.17) is 9.15 Å². The van der Waals surface area contributed by atoms with Crippen molar-refractivity contribution in [3.8, 4) is 17.1 Å². The van der Waals surface area contributed by atoms with Gasteiger partial charge >= 0.3 is 0 Å². The van der Waals surface area contributed by atoms with Crippen LogP contribution in [0.4, 0.5) is 14.5 Å². The zero-order chi connectivity index (χ0) is 21.7. The van der Waals surface area contributed by atoms with E-state index in [9.17, 15) is 13.6 Å². The third-order valence-corrected chi connectivity index (χ3v) is 4.45. The van der Waals surface area contributed by atoms with Crippen LogP contribution in [0.5, 0.6) is 5.75 Å². The first-order valence-electron chi connectivity index (χ1n) is 9.58. The number of carbonyl (C=O) groups is 1. The Balaban J connectivity index is 1.65. The molecule has 9 heteroatoms. The number of rotatable bonds is 9. The molecule has 0 unspecified atom stereocenters. The van der Waals surface area contributed by atoms with Crippen molar-refractivity contribution in [3.63, 3.8) is 0 Å². The number of hydrogen-bond donors (Lipinski definition) is 1. The predicted molar refractivity (Wildman–Crippen MR) is 108 cm³/mol. The third kappa shape index (κ3) is 5.65. The number of amides is 1. The zero-order valence-electron chi connectivity index (χ0n) is 17.1. The summed E-state index contributed by atoms with van der Waals surface area (Å²) >= 11 is 0. The van der Waals surface area contributed by atoms with Crippen molar-refractivity contribution in [2.24, 2.45) is 0 Å². The maximum Gasteiger partial charge on any atom is 0.278 e. The molecule has 30 heavy (non-hydrogen) atoms. The Morgan fingerprint density at radius 3 is 2.67 bits per heavy atom. The summed E-state index contributed by atoms with van der Waals surface area (Å²) in [6.45, 7) is 3.08. The van der Waals surface area contributed by atoms with E-state index in [-0.39, 0.29) is 12.1 Å². The van der Waals surface area contributed by atoms with Crippen LogP contribution in [0, 0.1) is 6.92 Å². The lowest BCUT2D eigenvalue weighted by atomic mass is 10.1. The number of ether oxygens (including phenoxy) is 1. The monoisotopic (exact) mass is 418 g/mol. The van der Waals surface area contributed by atoms with Gasteiger partial charge in [-0.3, -0.25) is 9.48 Å². The number of nitrogens with one attached hydrogen (secondary N) is 1. The fourth-order valence-corrected chi connectivity index (χ4v) is 2.97.